The number of anilines is 1. The number of rotatable bonds is 1. The Bertz CT molecular complexity index is 434. The van der Waals surface area contributed by atoms with E-state index in [9.17, 15) is 5.11 Å². The molecular weight excluding hydrogens is 224 g/mol. The molecular formula is C15H22N2O. The molecule has 2 atom stereocenters. The number of pyridine rings is 1. The molecule has 2 heterocycles. The molecule has 1 aromatic rings. The molecule has 0 radical (unpaired) electrons. The van der Waals surface area contributed by atoms with Gasteiger partial charge in [-0.1, -0.05) is 12.5 Å². The molecule has 1 aliphatic carbocycles. The van der Waals surface area contributed by atoms with Gasteiger partial charge in [-0.15, -0.1) is 0 Å². The molecule has 2 fully saturated rings. The summed E-state index contributed by atoms with van der Waals surface area (Å²) in [5.74, 6) is 1.11. The van der Waals surface area contributed by atoms with Crippen LogP contribution < -0.4 is 4.90 Å². The van der Waals surface area contributed by atoms with Crippen LogP contribution in [0.1, 0.15) is 37.7 Å². The first-order valence-corrected chi connectivity index (χ1v) is 7.06. The van der Waals surface area contributed by atoms with Gasteiger partial charge in [0.25, 0.3) is 0 Å². The highest BCUT2D eigenvalue weighted by atomic mass is 16.3. The Kier molecular flexibility index (Phi) is 3.02. The molecule has 1 saturated carbocycles. The van der Waals surface area contributed by atoms with Crippen LogP contribution in [-0.2, 0) is 0 Å². The number of piperidine rings is 1. The van der Waals surface area contributed by atoms with E-state index in [1.54, 1.807) is 0 Å². The highest BCUT2D eigenvalue weighted by molar-refractivity contribution is 5.46. The molecule has 0 bridgehead atoms. The van der Waals surface area contributed by atoms with Gasteiger partial charge < -0.3 is 10.0 Å². The van der Waals surface area contributed by atoms with Crippen molar-refractivity contribution in [2.75, 3.05) is 18.0 Å². The van der Waals surface area contributed by atoms with Crippen LogP contribution in [0.4, 0.5) is 5.82 Å². The van der Waals surface area contributed by atoms with Crippen molar-refractivity contribution < 1.29 is 5.11 Å². The Labute approximate surface area is 109 Å². The molecule has 0 aromatic carbocycles. The monoisotopic (exact) mass is 246 g/mol. The molecule has 1 spiro atoms. The summed E-state index contributed by atoms with van der Waals surface area (Å²) in [4.78, 5) is 6.91. The van der Waals surface area contributed by atoms with Gasteiger partial charge in [0, 0.05) is 24.7 Å². The number of aliphatic hydroxyl groups is 1. The zero-order valence-corrected chi connectivity index (χ0v) is 11.1. The van der Waals surface area contributed by atoms with Crippen molar-refractivity contribution >= 4 is 5.82 Å². The van der Waals surface area contributed by atoms with Gasteiger partial charge in [0.05, 0.1) is 6.10 Å². The molecule has 1 N–H and O–H groups in total. The van der Waals surface area contributed by atoms with E-state index < -0.39 is 0 Å². The first-order chi connectivity index (χ1) is 8.71. The van der Waals surface area contributed by atoms with E-state index in [-0.39, 0.29) is 11.5 Å². The molecule has 2 aliphatic rings. The van der Waals surface area contributed by atoms with Crippen LogP contribution in [0.5, 0.6) is 0 Å². The predicted molar refractivity (Wildman–Crippen MR) is 72.7 cm³/mol. The lowest BCUT2D eigenvalue weighted by molar-refractivity contribution is 0.0407. The Morgan fingerprint density at radius 1 is 1.39 bits per heavy atom. The molecule has 98 valence electrons. The maximum atomic E-state index is 10.3. The number of aliphatic hydroxyl groups excluding tert-OH is 1. The first kappa shape index (κ1) is 12.0. The Balaban J connectivity index is 1.85. The van der Waals surface area contributed by atoms with Crippen molar-refractivity contribution in [3.8, 4) is 0 Å². The molecule has 1 aliphatic heterocycles. The highest BCUT2D eigenvalue weighted by Crippen LogP contribution is 2.45. The van der Waals surface area contributed by atoms with Gasteiger partial charge in [0.2, 0.25) is 0 Å². The fourth-order valence-corrected chi connectivity index (χ4v) is 3.75. The summed E-state index contributed by atoms with van der Waals surface area (Å²) >= 11 is 0. The van der Waals surface area contributed by atoms with Crippen molar-refractivity contribution in [2.24, 2.45) is 5.41 Å². The first-order valence-electron chi connectivity index (χ1n) is 7.06. The zero-order chi connectivity index (χ0) is 12.6. The van der Waals surface area contributed by atoms with Crippen LogP contribution in [-0.4, -0.2) is 29.3 Å². The second-order valence-corrected chi connectivity index (χ2v) is 5.94. The predicted octanol–water partition coefficient (Wildman–Crippen LogP) is 2.52. The number of hydrogen-bond donors (Lipinski definition) is 1. The van der Waals surface area contributed by atoms with E-state index in [2.05, 4.69) is 22.9 Å². The Morgan fingerprint density at radius 2 is 2.22 bits per heavy atom. The summed E-state index contributed by atoms with van der Waals surface area (Å²) < 4.78 is 0. The van der Waals surface area contributed by atoms with E-state index in [0.717, 1.165) is 25.3 Å². The molecule has 3 nitrogen and oxygen atoms in total. The third-order valence-corrected chi connectivity index (χ3v) is 4.75. The van der Waals surface area contributed by atoms with Crippen LogP contribution in [0.25, 0.3) is 0 Å². The minimum atomic E-state index is -0.107. The van der Waals surface area contributed by atoms with Gasteiger partial charge in [-0.2, -0.15) is 0 Å². The minimum Gasteiger partial charge on any atom is -0.392 e. The highest BCUT2D eigenvalue weighted by Gasteiger charge is 2.45. The normalized spacial score (nSPS) is 32.1. The summed E-state index contributed by atoms with van der Waals surface area (Å²) in [7, 11) is 0. The van der Waals surface area contributed by atoms with E-state index >= 15 is 0 Å². The quantitative estimate of drug-likeness (QED) is 0.827. The van der Waals surface area contributed by atoms with Crippen molar-refractivity contribution in [1.29, 1.82) is 0 Å². The van der Waals surface area contributed by atoms with Crippen molar-refractivity contribution in [1.82, 2.24) is 4.98 Å². The van der Waals surface area contributed by atoms with Gasteiger partial charge in [-0.3, -0.25) is 0 Å². The van der Waals surface area contributed by atoms with Crippen LogP contribution in [0, 0.1) is 12.3 Å². The van der Waals surface area contributed by atoms with Crippen LogP contribution >= 0.6 is 0 Å². The Hall–Kier alpha value is -1.09. The average Bonchev–Trinajstić information content (AvgIpc) is 2.71. The van der Waals surface area contributed by atoms with Gasteiger partial charge in [-0.05, 0) is 44.2 Å². The van der Waals surface area contributed by atoms with E-state index in [4.69, 9.17) is 0 Å². The molecule has 3 rings (SSSR count). The molecule has 0 unspecified atom stereocenters. The summed E-state index contributed by atoms with van der Waals surface area (Å²) in [6.07, 6.45) is 7.45. The van der Waals surface area contributed by atoms with Gasteiger partial charge in [-0.25, -0.2) is 4.98 Å². The van der Waals surface area contributed by atoms with E-state index in [1.165, 1.54) is 31.2 Å². The molecule has 18 heavy (non-hydrogen) atoms. The summed E-state index contributed by atoms with van der Waals surface area (Å²) in [5.41, 5.74) is 1.38. The van der Waals surface area contributed by atoms with E-state index in [1.807, 2.05) is 12.3 Å². The van der Waals surface area contributed by atoms with E-state index in [0.29, 0.717) is 0 Å². The standard InChI is InChI=1S/C15H22N2O/c1-12-5-3-9-16-14(12)17-10-4-8-15(11-17)7-2-6-13(15)18/h3,5,9,13,18H,2,4,6-8,10-11H2,1H3/t13-,15+/m1/s1. The number of aromatic nitrogens is 1. The van der Waals surface area contributed by atoms with Crippen LogP contribution in [0.15, 0.2) is 18.3 Å². The van der Waals surface area contributed by atoms with Crippen molar-refractivity contribution in [3.63, 3.8) is 0 Å². The summed E-state index contributed by atoms with van der Waals surface area (Å²) in [5, 5.41) is 10.3. The van der Waals surface area contributed by atoms with Gasteiger partial charge in [0.15, 0.2) is 0 Å². The average molecular weight is 246 g/mol. The lowest BCUT2D eigenvalue weighted by Gasteiger charge is -2.43. The third-order valence-electron chi connectivity index (χ3n) is 4.75. The second-order valence-electron chi connectivity index (χ2n) is 5.94. The summed E-state index contributed by atoms with van der Waals surface area (Å²) in [6, 6.07) is 4.11. The third kappa shape index (κ3) is 1.91. The maximum absolute atomic E-state index is 10.3. The maximum Gasteiger partial charge on any atom is 0.131 e. The largest absolute Gasteiger partial charge is 0.392 e. The van der Waals surface area contributed by atoms with Crippen molar-refractivity contribution in [3.05, 3.63) is 23.9 Å². The number of aryl methyl sites for hydroxylation is 1. The molecule has 3 heteroatoms. The SMILES string of the molecule is Cc1cccnc1N1CCC[C@@]2(CCC[C@H]2O)C1. The molecule has 1 saturated heterocycles. The smallest absolute Gasteiger partial charge is 0.131 e. The molecule has 1 aromatic heterocycles. The van der Waals surface area contributed by atoms with Crippen LogP contribution in [0.3, 0.4) is 0 Å². The fourth-order valence-electron chi connectivity index (χ4n) is 3.75. The fraction of sp³-hybridized carbons (Fsp3) is 0.667. The Morgan fingerprint density at radius 3 is 2.94 bits per heavy atom. The minimum absolute atomic E-state index is 0.107. The second kappa shape index (κ2) is 4.54. The van der Waals surface area contributed by atoms with Gasteiger partial charge >= 0.3 is 0 Å². The van der Waals surface area contributed by atoms with Crippen molar-refractivity contribution in [2.45, 2.75) is 45.1 Å². The van der Waals surface area contributed by atoms with Crippen LogP contribution in [0.2, 0.25) is 0 Å². The number of hydrogen-bond acceptors (Lipinski definition) is 3. The lowest BCUT2D eigenvalue weighted by Crippen LogP contribution is -2.47. The lowest BCUT2D eigenvalue weighted by atomic mass is 9.76. The molecule has 0 amide bonds. The zero-order valence-electron chi connectivity index (χ0n) is 11.1. The summed E-state index contributed by atoms with van der Waals surface area (Å²) in [6.45, 7) is 4.17. The topological polar surface area (TPSA) is 36.4 Å². The number of nitrogens with zero attached hydrogens (tertiary/aromatic N) is 2. The van der Waals surface area contributed by atoms with Gasteiger partial charge in [0.1, 0.15) is 5.82 Å².